The monoisotopic (exact) mass is 266 g/mol. The fourth-order valence-corrected chi connectivity index (χ4v) is 3.51. The van der Waals surface area contributed by atoms with Crippen molar-refractivity contribution in [3.63, 3.8) is 0 Å². The zero-order chi connectivity index (χ0) is 13.5. The van der Waals surface area contributed by atoms with Crippen LogP contribution in [0.1, 0.15) is 71.1 Å². The molecule has 2 N–H and O–H groups in total. The Kier molecular flexibility index (Phi) is 6.15. The van der Waals surface area contributed by atoms with Crippen LogP contribution in [-0.2, 0) is 4.79 Å². The quantitative estimate of drug-likeness (QED) is 0.771. The van der Waals surface area contributed by atoms with Gasteiger partial charge in [0.25, 0.3) is 0 Å². The van der Waals surface area contributed by atoms with Gasteiger partial charge in [-0.1, -0.05) is 38.5 Å². The van der Waals surface area contributed by atoms with Crippen molar-refractivity contribution in [2.24, 2.45) is 5.92 Å². The standard InChI is InChI=1S/C16H30N2O/c1-13(14-9-5-2-3-6-10-14)18-16(19)15-11-7-4-8-12-17-15/h13-15,17H,2-12H2,1H3,(H,18,19)/t13-,15?/m0/s1. The molecule has 0 radical (unpaired) electrons. The summed E-state index contributed by atoms with van der Waals surface area (Å²) in [5.74, 6) is 0.927. The molecule has 2 fully saturated rings. The molecule has 2 atom stereocenters. The Hall–Kier alpha value is -0.570. The van der Waals surface area contributed by atoms with Gasteiger partial charge >= 0.3 is 0 Å². The molecule has 0 aromatic heterocycles. The van der Waals surface area contributed by atoms with E-state index in [0.717, 1.165) is 13.0 Å². The van der Waals surface area contributed by atoms with Crippen LogP contribution in [0.4, 0.5) is 0 Å². The van der Waals surface area contributed by atoms with Crippen LogP contribution in [0.15, 0.2) is 0 Å². The van der Waals surface area contributed by atoms with E-state index in [1.54, 1.807) is 0 Å². The van der Waals surface area contributed by atoms with Crippen molar-refractivity contribution in [1.29, 1.82) is 0 Å². The fourth-order valence-electron chi connectivity index (χ4n) is 3.51. The number of carbonyl (C=O) groups excluding carboxylic acids is 1. The van der Waals surface area contributed by atoms with E-state index in [1.165, 1.54) is 57.8 Å². The lowest BCUT2D eigenvalue weighted by Crippen LogP contribution is -2.48. The molecule has 2 rings (SSSR count). The number of hydrogen-bond donors (Lipinski definition) is 2. The molecule has 1 saturated carbocycles. The van der Waals surface area contributed by atoms with Crippen LogP contribution in [0.25, 0.3) is 0 Å². The molecule has 1 saturated heterocycles. The second kappa shape index (κ2) is 7.88. The maximum absolute atomic E-state index is 12.3. The van der Waals surface area contributed by atoms with Crippen LogP contribution in [0, 0.1) is 5.92 Å². The van der Waals surface area contributed by atoms with E-state index in [0.29, 0.717) is 12.0 Å². The zero-order valence-electron chi connectivity index (χ0n) is 12.4. The van der Waals surface area contributed by atoms with Gasteiger partial charge in [0, 0.05) is 6.04 Å². The maximum atomic E-state index is 12.3. The van der Waals surface area contributed by atoms with Gasteiger partial charge in [0.2, 0.25) is 5.91 Å². The third kappa shape index (κ3) is 4.79. The molecule has 3 nitrogen and oxygen atoms in total. The molecular formula is C16H30N2O. The average molecular weight is 266 g/mol. The molecule has 1 amide bonds. The first kappa shape index (κ1) is 14.8. The van der Waals surface area contributed by atoms with Gasteiger partial charge in [0.1, 0.15) is 0 Å². The summed E-state index contributed by atoms with van der Waals surface area (Å²) in [6.07, 6.45) is 12.7. The summed E-state index contributed by atoms with van der Waals surface area (Å²) in [6.45, 7) is 3.19. The molecule has 0 bridgehead atoms. The lowest BCUT2D eigenvalue weighted by molar-refractivity contribution is -0.124. The summed E-state index contributed by atoms with van der Waals surface area (Å²) in [5, 5.41) is 6.66. The topological polar surface area (TPSA) is 41.1 Å². The third-order valence-corrected chi connectivity index (χ3v) is 4.85. The highest BCUT2D eigenvalue weighted by Crippen LogP contribution is 2.25. The SMILES string of the molecule is C[C@H](NC(=O)C1CCCCCN1)C1CCCCCC1. The fraction of sp³-hybridized carbons (Fsp3) is 0.938. The predicted octanol–water partition coefficient (Wildman–Crippen LogP) is 2.99. The van der Waals surface area contributed by atoms with Crippen LogP contribution in [0.3, 0.4) is 0 Å². The van der Waals surface area contributed by atoms with Gasteiger partial charge in [-0.25, -0.2) is 0 Å². The molecule has 1 unspecified atom stereocenters. The van der Waals surface area contributed by atoms with Crippen molar-refractivity contribution in [2.75, 3.05) is 6.54 Å². The number of amides is 1. The second-order valence-corrected chi connectivity index (χ2v) is 6.40. The predicted molar refractivity (Wildman–Crippen MR) is 79.1 cm³/mol. The summed E-state index contributed by atoms with van der Waals surface area (Å²) in [7, 11) is 0. The Morgan fingerprint density at radius 2 is 1.63 bits per heavy atom. The average Bonchev–Trinajstić information content (AvgIpc) is 2.83. The van der Waals surface area contributed by atoms with Crippen molar-refractivity contribution in [3.8, 4) is 0 Å². The van der Waals surface area contributed by atoms with Gasteiger partial charge in [0.05, 0.1) is 6.04 Å². The first-order valence-corrected chi connectivity index (χ1v) is 8.31. The molecule has 110 valence electrons. The van der Waals surface area contributed by atoms with Gasteiger partial charge in [-0.05, 0) is 45.1 Å². The van der Waals surface area contributed by atoms with Crippen molar-refractivity contribution in [1.82, 2.24) is 10.6 Å². The highest BCUT2D eigenvalue weighted by molar-refractivity contribution is 5.82. The van der Waals surface area contributed by atoms with E-state index in [-0.39, 0.29) is 11.9 Å². The Balaban J connectivity index is 1.79. The smallest absolute Gasteiger partial charge is 0.237 e. The molecule has 0 spiro atoms. The summed E-state index contributed by atoms with van der Waals surface area (Å²) in [4.78, 5) is 12.3. The van der Waals surface area contributed by atoms with Crippen molar-refractivity contribution in [3.05, 3.63) is 0 Å². The molecule has 0 aromatic carbocycles. The first-order valence-electron chi connectivity index (χ1n) is 8.31. The van der Waals surface area contributed by atoms with Gasteiger partial charge in [-0.15, -0.1) is 0 Å². The largest absolute Gasteiger partial charge is 0.352 e. The second-order valence-electron chi connectivity index (χ2n) is 6.40. The van der Waals surface area contributed by atoms with Crippen LogP contribution < -0.4 is 10.6 Å². The third-order valence-electron chi connectivity index (χ3n) is 4.85. The Bertz CT molecular complexity index is 264. The molecule has 1 aliphatic heterocycles. The normalized spacial score (nSPS) is 28.2. The van der Waals surface area contributed by atoms with Gasteiger partial charge in [0.15, 0.2) is 0 Å². The number of nitrogens with one attached hydrogen (secondary N) is 2. The van der Waals surface area contributed by atoms with Gasteiger partial charge in [-0.3, -0.25) is 4.79 Å². The Morgan fingerprint density at radius 1 is 1.00 bits per heavy atom. The van der Waals surface area contributed by atoms with E-state index < -0.39 is 0 Å². The van der Waals surface area contributed by atoms with E-state index >= 15 is 0 Å². The highest BCUT2D eigenvalue weighted by atomic mass is 16.2. The van der Waals surface area contributed by atoms with Crippen LogP contribution in [0.2, 0.25) is 0 Å². The number of carbonyl (C=O) groups is 1. The lowest BCUT2D eigenvalue weighted by atomic mass is 9.92. The van der Waals surface area contributed by atoms with E-state index in [2.05, 4.69) is 17.6 Å². The first-order chi connectivity index (χ1) is 9.27. The van der Waals surface area contributed by atoms with Crippen molar-refractivity contribution >= 4 is 5.91 Å². The van der Waals surface area contributed by atoms with Gasteiger partial charge < -0.3 is 10.6 Å². The summed E-state index contributed by atoms with van der Waals surface area (Å²) in [6, 6.07) is 0.395. The molecule has 2 aliphatic rings. The molecule has 1 aliphatic carbocycles. The minimum absolute atomic E-state index is 0.0516. The lowest BCUT2D eigenvalue weighted by Gasteiger charge is -2.26. The minimum Gasteiger partial charge on any atom is -0.352 e. The molecule has 19 heavy (non-hydrogen) atoms. The highest BCUT2D eigenvalue weighted by Gasteiger charge is 2.24. The maximum Gasteiger partial charge on any atom is 0.237 e. The van der Waals surface area contributed by atoms with Crippen molar-refractivity contribution in [2.45, 2.75) is 83.2 Å². The van der Waals surface area contributed by atoms with E-state index in [1.807, 2.05) is 0 Å². The Morgan fingerprint density at radius 3 is 2.37 bits per heavy atom. The van der Waals surface area contributed by atoms with Crippen LogP contribution in [0.5, 0.6) is 0 Å². The molecule has 1 heterocycles. The minimum atomic E-state index is 0.0516. The van der Waals surface area contributed by atoms with Crippen LogP contribution in [-0.4, -0.2) is 24.5 Å². The summed E-state index contributed by atoms with van der Waals surface area (Å²) in [5.41, 5.74) is 0. The van der Waals surface area contributed by atoms with Crippen LogP contribution >= 0.6 is 0 Å². The number of hydrogen-bond acceptors (Lipinski definition) is 2. The molecule has 3 heteroatoms. The molecular weight excluding hydrogens is 236 g/mol. The van der Waals surface area contributed by atoms with E-state index in [9.17, 15) is 4.79 Å². The van der Waals surface area contributed by atoms with Crippen molar-refractivity contribution < 1.29 is 4.79 Å². The summed E-state index contributed by atoms with van der Waals surface area (Å²) >= 11 is 0. The summed E-state index contributed by atoms with van der Waals surface area (Å²) < 4.78 is 0. The number of rotatable bonds is 3. The van der Waals surface area contributed by atoms with E-state index in [4.69, 9.17) is 0 Å². The zero-order valence-corrected chi connectivity index (χ0v) is 12.4. The molecule has 0 aromatic rings. The van der Waals surface area contributed by atoms with Gasteiger partial charge in [-0.2, -0.15) is 0 Å². The Labute approximate surface area is 117 Å².